The van der Waals surface area contributed by atoms with Crippen LogP contribution in [0.25, 0.3) is 26.7 Å². The molecule has 0 fully saturated rings. The molecule has 12 heteroatoms. The third-order valence-corrected chi connectivity index (χ3v) is 6.85. The Bertz CT molecular complexity index is 1960. The first-order chi connectivity index (χ1) is 19.7. The van der Waals surface area contributed by atoms with E-state index in [4.69, 9.17) is 6.57 Å². The lowest BCUT2D eigenvalue weighted by Gasteiger charge is -2.21. The molecule has 0 atom stereocenters. The van der Waals surface area contributed by atoms with Crippen molar-refractivity contribution in [3.63, 3.8) is 0 Å². The van der Waals surface area contributed by atoms with Crippen molar-refractivity contribution in [3.05, 3.63) is 100 Å². The molecule has 41 heavy (non-hydrogen) atoms. The molecule has 1 amide bonds. The second kappa shape index (κ2) is 9.71. The minimum absolute atomic E-state index is 0.0787. The third kappa shape index (κ3) is 4.51. The number of amides is 1. The maximum absolute atomic E-state index is 14.3. The number of para-hydroxylation sites is 1. The second-order valence-corrected chi connectivity index (χ2v) is 9.31. The van der Waals surface area contributed by atoms with Crippen LogP contribution in [0.15, 0.2) is 71.7 Å². The van der Waals surface area contributed by atoms with Gasteiger partial charge in [0.1, 0.15) is 12.4 Å². The molecule has 0 spiro atoms. The van der Waals surface area contributed by atoms with Crippen molar-refractivity contribution in [1.82, 2.24) is 14.3 Å². The molecule has 5 aromatic rings. The average molecular weight is 560 g/mol. The number of ether oxygens (including phenoxy) is 2. The van der Waals surface area contributed by atoms with Crippen LogP contribution in [-0.2, 0) is 17.9 Å². The first kappa shape index (κ1) is 25.9. The van der Waals surface area contributed by atoms with Gasteiger partial charge in [0.25, 0.3) is 5.56 Å². The van der Waals surface area contributed by atoms with Crippen LogP contribution in [0, 0.1) is 12.4 Å². The van der Waals surface area contributed by atoms with Gasteiger partial charge in [0.15, 0.2) is 11.5 Å². The van der Waals surface area contributed by atoms with Crippen LogP contribution in [-0.4, -0.2) is 33.1 Å². The summed E-state index contributed by atoms with van der Waals surface area (Å²) in [5.41, 5.74) is 1.52. The highest BCUT2D eigenvalue weighted by Gasteiger charge is 2.43. The molecule has 0 bridgehead atoms. The van der Waals surface area contributed by atoms with Gasteiger partial charge in [-0.15, -0.1) is 8.78 Å². The van der Waals surface area contributed by atoms with Gasteiger partial charge in [0, 0.05) is 35.7 Å². The van der Waals surface area contributed by atoms with Crippen LogP contribution >= 0.6 is 0 Å². The molecule has 1 aliphatic rings. The number of carbonyl (C=O) groups excluding carboxylic acids is 1. The fourth-order valence-electron chi connectivity index (χ4n) is 5.01. The number of nitrogens with zero attached hydrogens (tertiary/aromatic N) is 5. The molecule has 0 N–H and O–H groups in total. The summed E-state index contributed by atoms with van der Waals surface area (Å²) in [6.45, 7) is 8.77. The number of likely N-dealkylation sites (N-methyl/N-ethyl adjacent to an activating group) is 1. The van der Waals surface area contributed by atoms with E-state index in [0.29, 0.717) is 33.1 Å². The maximum atomic E-state index is 14.3. The molecule has 0 unspecified atom stereocenters. The number of alkyl halides is 2. The van der Waals surface area contributed by atoms with Gasteiger partial charge < -0.3 is 18.9 Å². The number of aromatic nitrogens is 3. The molecular formula is C29H20F3N5O4. The van der Waals surface area contributed by atoms with Crippen LogP contribution < -0.4 is 19.9 Å². The van der Waals surface area contributed by atoms with Crippen LogP contribution in [0.4, 0.5) is 24.5 Å². The molecule has 6 rings (SSSR count). The Morgan fingerprint density at radius 1 is 1.07 bits per heavy atom. The summed E-state index contributed by atoms with van der Waals surface area (Å²) in [6.07, 6.45) is -2.31. The highest BCUT2D eigenvalue weighted by molar-refractivity contribution is 6.07. The number of hydrogen-bond donors (Lipinski definition) is 0. The van der Waals surface area contributed by atoms with Gasteiger partial charge in [-0.2, -0.15) is 5.10 Å². The van der Waals surface area contributed by atoms with E-state index >= 15 is 0 Å². The second-order valence-electron chi connectivity index (χ2n) is 9.31. The molecule has 0 aliphatic carbocycles. The van der Waals surface area contributed by atoms with E-state index in [1.54, 1.807) is 25.1 Å². The number of anilines is 1. The SMILES string of the molecule is [C-]#[N+]c1ccc(Cn2c3ccccc3c3c(=O)n(CC(=O)N(CC)c4ccc5c(c4)OC(F)(F)O5)ncc32)cc1F. The van der Waals surface area contributed by atoms with Crippen LogP contribution in [0.5, 0.6) is 11.5 Å². The zero-order chi connectivity index (χ0) is 28.9. The molecule has 3 aromatic carbocycles. The quantitative estimate of drug-likeness (QED) is 0.258. The Hall–Kier alpha value is -5.31. The molecule has 9 nitrogen and oxygen atoms in total. The number of benzene rings is 3. The summed E-state index contributed by atoms with van der Waals surface area (Å²) < 4.78 is 53.0. The van der Waals surface area contributed by atoms with Crippen LogP contribution in [0.2, 0.25) is 0 Å². The summed E-state index contributed by atoms with van der Waals surface area (Å²) in [5, 5.41) is 5.23. The Morgan fingerprint density at radius 2 is 1.85 bits per heavy atom. The standard InChI is InChI=1S/C29H20F3N5O4/c1-3-35(18-9-11-24-25(13-18)41-29(31,32)40-24)26(38)16-37-28(39)27-19-6-4-5-7-22(19)36(23(27)14-34-37)15-17-8-10-21(33-2)20(30)12-17/h4-14H,3,15-16H2,1H3. The van der Waals surface area contributed by atoms with Crippen molar-refractivity contribution >= 4 is 39.1 Å². The molecule has 206 valence electrons. The topological polar surface area (TPSA) is 83.0 Å². The average Bonchev–Trinajstić information content (AvgIpc) is 3.43. The van der Waals surface area contributed by atoms with Crippen molar-refractivity contribution in [2.45, 2.75) is 26.3 Å². The largest absolute Gasteiger partial charge is 0.586 e. The van der Waals surface area contributed by atoms with Crippen molar-refractivity contribution in [2.24, 2.45) is 0 Å². The van der Waals surface area contributed by atoms with Gasteiger partial charge in [-0.1, -0.05) is 30.3 Å². The number of hydrogen-bond acceptors (Lipinski definition) is 5. The van der Waals surface area contributed by atoms with Gasteiger partial charge >= 0.3 is 6.29 Å². The van der Waals surface area contributed by atoms with Gasteiger partial charge in [0.05, 0.1) is 23.7 Å². The maximum Gasteiger partial charge on any atom is 0.586 e. The summed E-state index contributed by atoms with van der Waals surface area (Å²) >= 11 is 0. The summed E-state index contributed by atoms with van der Waals surface area (Å²) in [5.74, 6) is -1.47. The smallest absolute Gasteiger partial charge is 0.395 e. The highest BCUT2D eigenvalue weighted by atomic mass is 19.3. The summed E-state index contributed by atoms with van der Waals surface area (Å²) in [7, 11) is 0. The van der Waals surface area contributed by atoms with Gasteiger partial charge in [-0.3, -0.25) is 9.59 Å². The van der Waals surface area contributed by atoms with Crippen LogP contribution in [0.3, 0.4) is 0 Å². The van der Waals surface area contributed by atoms with Crippen molar-refractivity contribution in [2.75, 3.05) is 11.4 Å². The van der Waals surface area contributed by atoms with E-state index in [0.717, 1.165) is 4.68 Å². The third-order valence-electron chi connectivity index (χ3n) is 6.85. The fourth-order valence-corrected chi connectivity index (χ4v) is 5.01. The highest BCUT2D eigenvalue weighted by Crippen LogP contribution is 2.43. The lowest BCUT2D eigenvalue weighted by Crippen LogP contribution is -2.37. The van der Waals surface area contributed by atoms with E-state index in [-0.39, 0.29) is 30.3 Å². The zero-order valence-corrected chi connectivity index (χ0v) is 21.5. The molecule has 2 aromatic heterocycles. The molecule has 0 saturated carbocycles. The molecular weight excluding hydrogens is 539 g/mol. The van der Waals surface area contributed by atoms with Crippen molar-refractivity contribution < 1.29 is 27.4 Å². The normalized spacial score (nSPS) is 13.4. The number of fused-ring (bicyclic) bond motifs is 4. The number of carbonyl (C=O) groups is 1. The lowest BCUT2D eigenvalue weighted by atomic mass is 10.2. The number of halogens is 3. The van der Waals surface area contributed by atoms with E-state index in [1.807, 2.05) is 16.7 Å². The minimum atomic E-state index is -3.79. The first-order valence-electron chi connectivity index (χ1n) is 12.5. The molecule has 3 heterocycles. The van der Waals surface area contributed by atoms with Gasteiger partial charge in [-0.05, 0) is 36.8 Å². The Balaban J connectivity index is 1.35. The monoisotopic (exact) mass is 559 g/mol. The predicted octanol–water partition coefficient (Wildman–Crippen LogP) is 5.46. The van der Waals surface area contributed by atoms with E-state index < -0.39 is 30.1 Å². The minimum Gasteiger partial charge on any atom is -0.395 e. The fraction of sp³-hybridized carbons (Fsp3) is 0.172. The summed E-state index contributed by atoms with van der Waals surface area (Å²) in [6, 6.07) is 15.6. The van der Waals surface area contributed by atoms with E-state index in [2.05, 4.69) is 19.4 Å². The predicted molar refractivity (Wildman–Crippen MR) is 144 cm³/mol. The lowest BCUT2D eigenvalue weighted by molar-refractivity contribution is -0.286. The Kier molecular flexibility index (Phi) is 6.14. The zero-order valence-electron chi connectivity index (χ0n) is 21.5. The molecule has 0 saturated heterocycles. The van der Waals surface area contributed by atoms with Gasteiger partial charge in [0.2, 0.25) is 11.6 Å². The molecule has 0 radical (unpaired) electrons. The van der Waals surface area contributed by atoms with E-state index in [9.17, 15) is 22.8 Å². The van der Waals surface area contributed by atoms with E-state index in [1.165, 1.54) is 41.4 Å². The number of rotatable bonds is 6. The van der Waals surface area contributed by atoms with Crippen LogP contribution in [0.1, 0.15) is 12.5 Å². The van der Waals surface area contributed by atoms with Gasteiger partial charge in [-0.25, -0.2) is 13.9 Å². The molecule has 1 aliphatic heterocycles. The van der Waals surface area contributed by atoms with Crippen molar-refractivity contribution in [3.8, 4) is 11.5 Å². The Morgan fingerprint density at radius 3 is 2.61 bits per heavy atom. The Labute approximate surface area is 230 Å². The summed E-state index contributed by atoms with van der Waals surface area (Å²) in [4.78, 5) is 31.4. The first-order valence-corrected chi connectivity index (χ1v) is 12.5. The van der Waals surface area contributed by atoms with Crippen molar-refractivity contribution in [1.29, 1.82) is 0 Å².